The van der Waals surface area contributed by atoms with Crippen molar-refractivity contribution in [3.8, 4) is 0 Å². The summed E-state index contributed by atoms with van der Waals surface area (Å²) in [5.41, 5.74) is 3.05. The fourth-order valence-corrected chi connectivity index (χ4v) is 3.59. The van der Waals surface area contributed by atoms with Crippen molar-refractivity contribution in [1.29, 1.82) is 0 Å². The van der Waals surface area contributed by atoms with Gasteiger partial charge in [0.2, 0.25) is 0 Å². The molecule has 5 nitrogen and oxygen atoms in total. The number of anilines is 1. The first-order chi connectivity index (χ1) is 11.1. The van der Waals surface area contributed by atoms with Crippen LogP contribution in [0.3, 0.4) is 0 Å². The van der Waals surface area contributed by atoms with Crippen LogP contribution in [0.5, 0.6) is 0 Å². The Kier molecular flexibility index (Phi) is 4.87. The van der Waals surface area contributed by atoms with Crippen molar-refractivity contribution in [2.45, 2.75) is 45.2 Å². The molecule has 1 atom stereocenters. The number of nitrogens with one attached hydrogen (secondary N) is 1. The highest BCUT2D eigenvalue weighted by Gasteiger charge is 2.27. The smallest absolute Gasteiger partial charge is 0.292 e. The van der Waals surface area contributed by atoms with Crippen LogP contribution in [0.15, 0.2) is 23.8 Å². The van der Waals surface area contributed by atoms with Crippen LogP contribution in [0.25, 0.3) is 0 Å². The zero-order valence-corrected chi connectivity index (χ0v) is 14.1. The third-order valence-electron chi connectivity index (χ3n) is 4.85. The van der Waals surface area contributed by atoms with Crippen LogP contribution in [0, 0.1) is 10.1 Å². The van der Waals surface area contributed by atoms with Crippen LogP contribution in [0.2, 0.25) is 5.02 Å². The second-order valence-electron chi connectivity index (χ2n) is 6.41. The molecule has 0 spiro atoms. The Morgan fingerprint density at radius 2 is 2.17 bits per heavy atom. The normalized spacial score (nSPS) is 21.5. The first kappa shape index (κ1) is 16.3. The Bertz CT molecular complexity index is 637. The van der Waals surface area contributed by atoms with Crippen molar-refractivity contribution >= 4 is 23.0 Å². The molecule has 1 aromatic carbocycles. The lowest BCUT2D eigenvalue weighted by molar-refractivity contribution is -0.384. The van der Waals surface area contributed by atoms with Crippen molar-refractivity contribution in [3.05, 3.63) is 44.5 Å². The molecule has 0 unspecified atom stereocenters. The molecule has 23 heavy (non-hydrogen) atoms. The molecule has 0 radical (unpaired) electrons. The minimum atomic E-state index is -0.344. The van der Waals surface area contributed by atoms with E-state index in [1.807, 2.05) is 0 Å². The monoisotopic (exact) mass is 335 g/mol. The van der Waals surface area contributed by atoms with E-state index < -0.39 is 0 Å². The molecular formula is C17H22ClN3O2. The lowest BCUT2D eigenvalue weighted by Crippen LogP contribution is -2.35. The quantitative estimate of drug-likeness (QED) is 0.506. The number of rotatable bonds is 3. The highest BCUT2D eigenvalue weighted by molar-refractivity contribution is 6.32. The third kappa shape index (κ3) is 3.51. The molecule has 1 heterocycles. The topological polar surface area (TPSA) is 58.4 Å². The molecule has 0 bridgehead atoms. The highest BCUT2D eigenvalue weighted by Crippen LogP contribution is 2.36. The predicted molar refractivity (Wildman–Crippen MR) is 93.0 cm³/mol. The lowest BCUT2D eigenvalue weighted by atomic mass is 10.1. The Morgan fingerprint density at radius 1 is 1.43 bits per heavy atom. The lowest BCUT2D eigenvalue weighted by Gasteiger charge is -2.25. The van der Waals surface area contributed by atoms with Gasteiger partial charge in [-0.05, 0) is 38.7 Å². The standard InChI is InChI=1S/C17H22ClN3O2/c1-12-10-19-17-14(15(18)6-7-16(17)21(22)23)11-20(12)9-8-13-4-2-3-5-13/h6-8,12,19H,2-5,9-11H2,1H3/t12-/m0/s1. The maximum Gasteiger partial charge on any atom is 0.292 e. The van der Waals surface area contributed by atoms with Crippen molar-refractivity contribution in [1.82, 2.24) is 4.90 Å². The van der Waals surface area contributed by atoms with Crippen molar-refractivity contribution in [2.24, 2.45) is 0 Å². The van der Waals surface area contributed by atoms with Gasteiger partial charge in [0.1, 0.15) is 5.69 Å². The maximum atomic E-state index is 11.3. The minimum absolute atomic E-state index is 0.104. The molecule has 0 amide bonds. The van der Waals surface area contributed by atoms with E-state index in [0.29, 0.717) is 23.8 Å². The number of benzene rings is 1. The summed E-state index contributed by atoms with van der Waals surface area (Å²) in [6, 6.07) is 3.40. The number of nitrogens with zero attached hydrogens (tertiary/aromatic N) is 2. The van der Waals surface area contributed by atoms with Gasteiger partial charge in [0, 0.05) is 42.3 Å². The zero-order valence-electron chi connectivity index (χ0n) is 13.3. The van der Waals surface area contributed by atoms with Crippen LogP contribution in [-0.2, 0) is 6.54 Å². The second-order valence-corrected chi connectivity index (χ2v) is 6.81. The van der Waals surface area contributed by atoms with Gasteiger partial charge in [0.25, 0.3) is 5.69 Å². The van der Waals surface area contributed by atoms with Gasteiger partial charge in [-0.15, -0.1) is 0 Å². The fourth-order valence-electron chi connectivity index (χ4n) is 3.38. The summed E-state index contributed by atoms with van der Waals surface area (Å²) in [5.74, 6) is 0. The molecular weight excluding hydrogens is 314 g/mol. The number of nitro benzene ring substituents is 1. The first-order valence-electron chi connectivity index (χ1n) is 8.18. The largest absolute Gasteiger partial charge is 0.378 e. The average molecular weight is 336 g/mol. The van der Waals surface area contributed by atoms with Crippen molar-refractivity contribution < 1.29 is 4.92 Å². The van der Waals surface area contributed by atoms with Gasteiger partial charge in [-0.1, -0.05) is 23.3 Å². The van der Waals surface area contributed by atoms with E-state index in [4.69, 9.17) is 11.6 Å². The summed E-state index contributed by atoms with van der Waals surface area (Å²) in [6.07, 6.45) is 7.35. The van der Waals surface area contributed by atoms with Crippen LogP contribution in [0.1, 0.15) is 38.2 Å². The van der Waals surface area contributed by atoms with Gasteiger partial charge in [-0.3, -0.25) is 15.0 Å². The van der Waals surface area contributed by atoms with E-state index >= 15 is 0 Å². The van der Waals surface area contributed by atoms with Gasteiger partial charge in [-0.25, -0.2) is 0 Å². The Balaban J connectivity index is 1.87. The Labute approximate surface area is 141 Å². The van der Waals surface area contributed by atoms with Gasteiger partial charge in [0.15, 0.2) is 0 Å². The van der Waals surface area contributed by atoms with Crippen LogP contribution in [-0.4, -0.2) is 29.0 Å². The minimum Gasteiger partial charge on any atom is -0.378 e. The zero-order chi connectivity index (χ0) is 16.4. The Morgan fingerprint density at radius 3 is 2.87 bits per heavy atom. The molecule has 1 saturated carbocycles. The molecule has 1 N–H and O–H groups in total. The summed E-state index contributed by atoms with van der Waals surface area (Å²) < 4.78 is 0. The van der Waals surface area contributed by atoms with Gasteiger partial charge >= 0.3 is 0 Å². The van der Waals surface area contributed by atoms with Crippen LogP contribution < -0.4 is 5.32 Å². The summed E-state index contributed by atoms with van der Waals surface area (Å²) in [4.78, 5) is 13.2. The van der Waals surface area contributed by atoms with E-state index in [1.54, 1.807) is 11.6 Å². The maximum absolute atomic E-state index is 11.3. The van der Waals surface area contributed by atoms with E-state index in [2.05, 4.69) is 23.2 Å². The van der Waals surface area contributed by atoms with Crippen molar-refractivity contribution in [2.75, 3.05) is 18.4 Å². The predicted octanol–water partition coefficient (Wildman–Crippen LogP) is 4.36. The number of halogens is 1. The van der Waals surface area contributed by atoms with Gasteiger partial charge in [0.05, 0.1) is 4.92 Å². The van der Waals surface area contributed by atoms with Crippen molar-refractivity contribution in [3.63, 3.8) is 0 Å². The average Bonchev–Trinajstić information content (AvgIpc) is 2.97. The first-order valence-corrected chi connectivity index (χ1v) is 8.55. The molecule has 0 aromatic heterocycles. The SMILES string of the molecule is C[C@H]1CNc2c([N+](=O)[O-])ccc(Cl)c2CN1CC=C1CCCC1. The van der Waals surface area contributed by atoms with Crippen LogP contribution in [0.4, 0.5) is 11.4 Å². The highest BCUT2D eigenvalue weighted by atomic mass is 35.5. The third-order valence-corrected chi connectivity index (χ3v) is 5.20. The van der Waals surface area contributed by atoms with E-state index in [-0.39, 0.29) is 16.7 Å². The van der Waals surface area contributed by atoms with Gasteiger partial charge < -0.3 is 5.32 Å². The molecule has 124 valence electrons. The summed E-state index contributed by atoms with van der Waals surface area (Å²) >= 11 is 6.33. The second kappa shape index (κ2) is 6.89. The summed E-state index contributed by atoms with van der Waals surface area (Å²) in [6.45, 7) is 4.33. The number of allylic oxidation sites excluding steroid dienone is 1. The summed E-state index contributed by atoms with van der Waals surface area (Å²) in [7, 11) is 0. The van der Waals surface area contributed by atoms with Gasteiger partial charge in [-0.2, -0.15) is 0 Å². The van der Waals surface area contributed by atoms with Crippen LogP contribution >= 0.6 is 11.6 Å². The summed E-state index contributed by atoms with van der Waals surface area (Å²) in [5, 5.41) is 15.1. The molecule has 1 aliphatic carbocycles. The molecule has 2 aliphatic rings. The molecule has 3 rings (SSSR count). The number of fused-ring (bicyclic) bond motifs is 1. The van der Waals surface area contributed by atoms with E-state index in [1.165, 1.54) is 31.7 Å². The fraction of sp³-hybridized carbons (Fsp3) is 0.529. The van der Waals surface area contributed by atoms with E-state index in [9.17, 15) is 10.1 Å². The number of hydrogen-bond acceptors (Lipinski definition) is 4. The molecule has 1 fully saturated rings. The Hall–Kier alpha value is -1.59. The molecule has 6 heteroatoms. The van der Waals surface area contributed by atoms with E-state index in [0.717, 1.165) is 12.1 Å². The molecule has 1 aromatic rings. The number of hydrogen-bond donors (Lipinski definition) is 1. The number of nitro groups is 1. The molecule has 1 aliphatic heterocycles. The molecule has 0 saturated heterocycles.